The fourth-order valence-electron chi connectivity index (χ4n) is 3.12. The van der Waals surface area contributed by atoms with Crippen LogP contribution in [0.25, 0.3) is 22.9 Å². The Kier molecular flexibility index (Phi) is 5.10. The Balaban J connectivity index is 1.51. The first-order chi connectivity index (χ1) is 13.6. The average molecular weight is 399 g/mol. The first kappa shape index (κ1) is 18.6. The second kappa shape index (κ2) is 7.69. The van der Waals surface area contributed by atoms with E-state index in [2.05, 4.69) is 15.0 Å². The molecule has 1 saturated heterocycles. The molecule has 1 aliphatic heterocycles. The van der Waals surface area contributed by atoms with Gasteiger partial charge in [0.15, 0.2) is 5.76 Å². The molecule has 0 aliphatic carbocycles. The molecule has 0 unspecified atom stereocenters. The molecule has 146 valence electrons. The van der Waals surface area contributed by atoms with Gasteiger partial charge in [-0.15, -0.1) is 0 Å². The van der Waals surface area contributed by atoms with Gasteiger partial charge in [0.2, 0.25) is 15.9 Å². The molecule has 0 radical (unpaired) electrons. The van der Waals surface area contributed by atoms with Gasteiger partial charge in [0, 0.05) is 31.7 Å². The van der Waals surface area contributed by atoms with Crippen LogP contribution in [0.4, 0.5) is 5.82 Å². The maximum absolute atomic E-state index is 12.0. The van der Waals surface area contributed by atoms with Crippen molar-refractivity contribution in [3.8, 4) is 22.9 Å². The van der Waals surface area contributed by atoms with Gasteiger partial charge in [0.1, 0.15) is 11.5 Å². The second-order valence-electron chi connectivity index (χ2n) is 6.44. The fourth-order valence-corrected chi connectivity index (χ4v) is 4.20. The van der Waals surface area contributed by atoms with Crippen LogP contribution in [0.5, 0.6) is 0 Å². The highest BCUT2D eigenvalue weighted by Gasteiger charge is 2.26. The van der Waals surface area contributed by atoms with Gasteiger partial charge in [0.05, 0.1) is 24.3 Å². The Morgan fingerprint density at radius 2 is 1.79 bits per heavy atom. The Hall–Kier alpha value is -2.78. The van der Waals surface area contributed by atoms with Crippen molar-refractivity contribution in [2.45, 2.75) is 6.92 Å². The first-order valence-corrected chi connectivity index (χ1v) is 10.7. The SMILES string of the molecule is CCS(=O)(=O)N1CCN(c2cncc(-c3ncc(-c4ccccc4)o3)n2)CC1. The van der Waals surface area contributed by atoms with Crippen LogP contribution in [0.2, 0.25) is 0 Å². The van der Waals surface area contributed by atoms with E-state index in [4.69, 9.17) is 4.42 Å². The van der Waals surface area contributed by atoms with Crippen LogP contribution in [0.1, 0.15) is 6.92 Å². The van der Waals surface area contributed by atoms with E-state index in [9.17, 15) is 8.42 Å². The van der Waals surface area contributed by atoms with Gasteiger partial charge in [-0.1, -0.05) is 30.3 Å². The van der Waals surface area contributed by atoms with Gasteiger partial charge in [0.25, 0.3) is 0 Å². The van der Waals surface area contributed by atoms with Crippen LogP contribution in [0, 0.1) is 0 Å². The number of hydrogen-bond donors (Lipinski definition) is 0. The van der Waals surface area contributed by atoms with Crippen LogP contribution in [0.3, 0.4) is 0 Å². The van der Waals surface area contributed by atoms with Crippen molar-refractivity contribution >= 4 is 15.8 Å². The van der Waals surface area contributed by atoms with E-state index in [1.807, 2.05) is 35.2 Å². The molecular weight excluding hydrogens is 378 g/mol. The molecule has 0 amide bonds. The highest BCUT2D eigenvalue weighted by atomic mass is 32.2. The number of sulfonamides is 1. The average Bonchev–Trinajstić information content (AvgIpc) is 3.25. The van der Waals surface area contributed by atoms with Crippen LogP contribution in [-0.4, -0.2) is 59.6 Å². The summed E-state index contributed by atoms with van der Waals surface area (Å²) in [7, 11) is -3.16. The summed E-state index contributed by atoms with van der Waals surface area (Å²) in [6, 6.07) is 9.74. The third-order valence-electron chi connectivity index (χ3n) is 4.73. The molecule has 4 rings (SSSR count). The van der Waals surface area contributed by atoms with E-state index in [0.717, 1.165) is 5.56 Å². The fraction of sp³-hybridized carbons (Fsp3) is 0.316. The Morgan fingerprint density at radius 3 is 2.50 bits per heavy atom. The number of oxazole rings is 1. The summed E-state index contributed by atoms with van der Waals surface area (Å²) in [4.78, 5) is 15.2. The van der Waals surface area contributed by atoms with Crippen LogP contribution in [0.15, 0.2) is 53.3 Å². The van der Waals surface area contributed by atoms with E-state index < -0.39 is 10.0 Å². The molecule has 9 heteroatoms. The van der Waals surface area contributed by atoms with Crippen molar-refractivity contribution in [3.05, 3.63) is 48.9 Å². The molecule has 0 spiro atoms. The van der Waals surface area contributed by atoms with E-state index in [1.165, 1.54) is 4.31 Å². The lowest BCUT2D eigenvalue weighted by Crippen LogP contribution is -2.49. The maximum atomic E-state index is 12.0. The summed E-state index contributed by atoms with van der Waals surface area (Å²) in [5.74, 6) is 1.88. The predicted molar refractivity (Wildman–Crippen MR) is 106 cm³/mol. The summed E-state index contributed by atoms with van der Waals surface area (Å²) < 4.78 is 31.4. The summed E-state index contributed by atoms with van der Waals surface area (Å²) in [6.07, 6.45) is 4.96. The van der Waals surface area contributed by atoms with Crippen molar-refractivity contribution in [1.29, 1.82) is 0 Å². The lowest BCUT2D eigenvalue weighted by molar-refractivity contribution is 0.384. The number of anilines is 1. The topological polar surface area (TPSA) is 92.4 Å². The minimum Gasteiger partial charge on any atom is -0.435 e. The monoisotopic (exact) mass is 399 g/mol. The van der Waals surface area contributed by atoms with E-state index in [0.29, 0.717) is 49.3 Å². The summed E-state index contributed by atoms with van der Waals surface area (Å²) in [5, 5.41) is 0. The molecule has 1 aromatic carbocycles. The van der Waals surface area contributed by atoms with Crippen molar-refractivity contribution in [2.24, 2.45) is 0 Å². The molecule has 2 aromatic heterocycles. The number of nitrogens with zero attached hydrogens (tertiary/aromatic N) is 5. The van der Waals surface area contributed by atoms with Crippen molar-refractivity contribution < 1.29 is 12.8 Å². The van der Waals surface area contributed by atoms with Gasteiger partial charge in [-0.05, 0) is 6.92 Å². The standard InChI is InChI=1S/C19H21N5O3S/c1-2-28(25,26)24-10-8-23(9-11-24)18-14-20-12-16(22-18)19-21-13-17(27-19)15-6-4-3-5-7-15/h3-7,12-14H,2,8-11H2,1H3. The molecule has 3 aromatic rings. The van der Waals surface area contributed by atoms with Gasteiger partial charge in [-0.25, -0.2) is 18.4 Å². The zero-order valence-electron chi connectivity index (χ0n) is 15.5. The molecular formula is C19H21N5O3S. The maximum Gasteiger partial charge on any atom is 0.247 e. The van der Waals surface area contributed by atoms with Crippen molar-refractivity contribution in [3.63, 3.8) is 0 Å². The van der Waals surface area contributed by atoms with Crippen LogP contribution >= 0.6 is 0 Å². The Bertz CT molecular complexity index is 1040. The second-order valence-corrected chi connectivity index (χ2v) is 8.70. The van der Waals surface area contributed by atoms with Gasteiger partial charge in [-0.3, -0.25) is 4.98 Å². The summed E-state index contributed by atoms with van der Waals surface area (Å²) in [5.41, 5.74) is 1.49. The van der Waals surface area contributed by atoms with Gasteiger partial charge in [-0.2, -0.15) is 4.31 Å². The zero-order chi connectivity index (χ0) is 19.6. The molecule has 0 bridgehead atoms. The quantitative estimate of drug-likeness (QED) is 0.650. The Morgan fingerprint density at radius 1 is 1.04 bits per heavy atom. The molecule has 1 fully saturated rings. The zero-order valence-corrected chi connectivity index (χ0v) is 16.3. The van der Waals surface area contributed by atoms with E-state index in [-0.39, 0.29) is 5.75 Å². The minimum absolute atomic E-state index is 0.121. The largest absolute Gasteiger partial charge is 0.435 e. The molecule has 3 heterocycles. The lowest BCUT2D eigenvalue weighted by Gasteiger charge is -2.34. The number of piperazine rings is 1. The highest BCUT2D eigenvalue weighted by Crippen LogP contribution is 2.25. The number of rotatable bonds is 5. The molecule has 0 N–H and O–H groups in total. The molecule has 8 nitrogen and oxygen atoms in total. The lowest BCUT2D eigenvalue weighted by atomic mass is 10.2. The van der Waals surface area contributed by atoms with Crippen LogP contribution in [-0.2, 0) is 10.0 Å². The summed E-state index contributed by atoms with van der Waals surface area (Å²) >= 11 is 0. The van der Waals surface area contributed by atoms with Gasteiger partial charge < -0.3 is 9.32 Å². The smallest absolute Gasteiger partial charge is 0.247 e. The number of benzene rings is 1. The van der Waals surface area contributed by atoms with Crippen LogP contribution < -0.4 is 4.90 Å². The Labute approximate surface area is 163 Å². The van der Waals surface area contributed by atoms with Gasteiger partial charge >= 0.3 is 0 Å². The normalized spacial score (nSPS) is 15.7. The third-order valence-corrected chi connectivity index (χ3v) is 6.61. The first-order valence-electron chi connectivity index (χ1n) is 9.13. The van der Waals surface area contributed by atoms with E-state index in [1.54, 1.807) is 25.5 Å². The molecule has 1 aliphatic rings. The molecule has 0 atom stereocenters. The summed E-state index contributed by atoms with van der Waals surface area (Å²) in [6.45, 7) is 3.69. The van der Waals surface area contributed by atoms with Crippen molar-refractivity contribution in [2.75, 3.05) is 36.8 Å². The number of hydrogen-bond acceptors (Lipinski definition) is 7. The van der Waals surface area contributed by atoms with Crippen molar-refractivity contribution in [1.82, 2.24) is 19.3 Å². The van der Waals surface area contributed by atoms with E-state index >= 15 is 0 Å². The highest BCUT2D eigenvalue weighted by molar-refractivity contribution is 7.89. The molecule has 0 saturated carbocycles. The third kappa shape index (κ3) is 3.76. The number of aromatic nitrogens is 3. The molecule has 28 heavy (non-hydrogen) atoms. The predicted octanol–water partition coefficient (Wildman–Crippen LogP) is 2.27. The minimum atomic E-state index is -3.16.